The molecule has 9 heteroatoms. The Morgan fingerprint density at radius 1 is 1.06 bits per heavy atom. The van der Waals surface area contributed by atoms with E-state index in [-0.39, 0.29) is 18.1 Å². The maximum Gasteiger partial charge on any atom is 0.277 e. The number of benzene rings is 2. The number of sulfone groups is 1. The molecule has 0 aliphatic rings. The van der Waals surface area contributed by atoms with Gasteiger partial charge in [0.15, 0.2) is 16.4 Å². The fraction of sp³-hybridized carbons (Fsp3) is 0.182. The molecule has 31 heavy (non-hydrogen) atoms. The van der Waals surface area contributed by atoms with E-state index < -0.39 is 15.7 Å². The SMILES string of the molecule is CCS(=O)(=O)Cc1ccc(C(=NNC(=O)COc2ccccc2)c2ccc(Cl)cc2)s1. The number of hydrogen-bond acceptors (Lipinski definition) is 6. The molecule has 0 aliphatic carbocycles. The Hall–Kier alpha value is -2.68. The second-order valence-corrected chi connectivity index (χ2v) is 10.5. The summed E-state index contributed by atoms with van der Waals surface area (Å²) in [6, 6.07) is 19.6. The third kappa shape index (κ3) is 6.92. The highest BCUT2D eigenvalue weighted by atomic mass is 35.5. The van der Waals surface area contributed by atoms with E-state index in [0.717, 1.165) is 10.4 Å². The summed E-state index contributed by atoms with van der Waals surface area (Å²) < 4.78 is 29.3. The predicted octanol–water partition coefficient (Wildman–Crippen LogP) is 4.28. The minimum atomic E-state index is -3.15. The van der Waals surface area contributed by atoms with Crippen molar-refractivity contribution in [2.45, 2.75) is 12.7 Å². The molecule has 1 amide bonds. The predicted molar refractivity (Wildman–Crippen MR) is 125 cm³/mol. The monoisotopic (exact) mass is 476 g/mol. The second kappa shape index (κ2) is 10.6. The van der Waals surface area contributed by atoms with E-state index in [1.807, 2.05) is 18.2 Å². The van der Waals surface area contributed by atoms with Crippen molar-refractivity contribution in [3.8, 4) is 5.75 Å². The summed E-state index contributed by atoms with van der Waals surface area (Å²) in [5.41, 5.74) is 3.76. The van der Waals surface area contributed by atoms with E-state index in [0.29, 0.717) is 21.4 Å². The van der Waals surface area contributed by atoms with Gasteiger partial charge in [0.25, 0.3) is 5.91 Å². The van der Waals surface area contributed by atoms with Crippen LogP contribution in [0.2, 0.25) is 5.02 Å². The highest BCUT2D eigenvalue weighted by molar-refractivity contribution is 7.90. The zero-order valence-corrected chi connectivity index (χ0v) is 19.1. The first-order valence-corrected chi connectivity index (χ1v) is 12.5. The van der Waals surface area contributed by atoms with Gasteiger partial charge in [-0.15, -0.1) is 11.3 Å². The molecule has 1 N–H and O–H groups in total. The van der Waals surface area contributed by atoms with Crippen LogP contribution in [0.5, 0.6) is 5.75 Å². The van der Waals surface area contributed by atoms with Crippen LogP contribution in [-0.2, 0) is 20.4 Å². The van der Waals surface area contributed by atoms with Crippen molar-refractivity contribution < 1.29 is 17.9 Å². The fourth-order valence-electron chi connectivity index (χ4n) is 2.59. The van der Waals surface area contributed by atoms with Crippen molar-refractivity contribution in [2.24, 2.45) is 5.10 Å². The lowest BCUT2D eigenvalue weighted by atomic mass is 10.1. The van der Waals surface area contributed by atoms with Gasteiger partial charge in [-0.05, 0) is 36.4 Å². The molecule has 2 aromatic carbocycles. The third-order valence-electron chi connectivity index (χ3n) is 4.22. The molecule has 1 aromatic heterocycles. The van der Waals surface area contributed by atoms with Crippen LogP contribution in [0, 0.1) is 0 Å². The Kier molecular flexibility index (Phi) is 7.84. The quantitative estimate of drug-likeness (QED) is 0.369. The van der Waals surface area contributed by atoms with Gasteiger partial charge < -0.3 is 4.74 Å². The largest absolute Gasteiger partial charge is 0.484 e. The number of halogens is 1. The van der Waals surface area contributed by atoms with Crippen molar-refractivity contribution in [3.63, 3.8) is 0 Å². The molecule has 0 radical (unpaired) electrons. The third-order valence-corrected chi connectivity index (χ3v) is 7.38. The Bertz CT molecular complexity index is 1160. The van der Waals surface area contributed by atoms with Crippen LogP contribution >= 0.6 is 22.9 Å². The average Bonchev–Trinajstić information content (AvgIpc) is 3.21. The normalized spacial score (nSPS) is 11.9. The Balaban J connectivity index is 1.79. The Labute approximate surface area is 190 Å². The molecule has 0 bridgehead atoms. The number of amides is 1. The van der Waals surface area contributed by atoms with Crippen molar-refractivity contribution in [1.29, 1.82) is 0 Å². The van der Waals surface area contributed by atoms with E-state index in [1.165, 1.54) is 11.3 Å². The number of rotatable bonds is 9. The first-order valence-electron chi connectivity index (χ1n) is 9.46. The standard InChI is InChI=1S/C22H21ClN2O4S2/c1-2-31(27,28)15-19-12-13-20(30-19)22(16-8-10-17(23)11-9-16)25-24-21(26)14-29-18-6-4-3-5-7-18/h3-13H,2,14-15H2,1H3,(H,24,26). The van der Waals surface area contributed by atoms with Gasteiger partial charge >= 0.3 is 0 Å². The zero-order valence-electron chi connectivity index (χ0n) is 16.7. The van der Waals surface area contributed by atoms with Crippen LogP contribution in [0.4, 0.5) is 0 Å². The average molecular weight is 477 g/mol. The molecule has 6 nitrogen and oxygen atoms in total. The van der Waals surface area contributed by atoms with Crippen LogP contribution in [0.15, 0.2) is 71.8 Å². The number of hydrazone groups is 1. The van der Waals surface area contributed by atoms with E-state index >= 15 is 0 Å². The molecular formula is C22H21ClN2O4S2. The van der Waals surface area contributed by atoms with Gasteiger partial charge in [0.05, 0.1) is 10.6 Å². The van der Waals surface area contributed by atoms with E-state index in [2.05, 4.69) is 10.5 Å². The molecule has 0 fully saturated rings. The van der Waals surface area contributed by atoms with Gasteiger partial charge in [-0.25, -0.2) is 13.8 Å². The summed E-state index contributed by atoms with van der Waals surface area (Å²) >= 11 is 7.31. The first-order chi connectivity index (χ1) is 14.9. The summed E-state index contributed by atoms with van der Waals surface area (Å²) in [7, 11) is -3.15. The number of carbonyl (C=O) groups excluding carboxylic acids is 1. The highest BCUT2D eigenvalue weighted by Crippen LogP contribution is 2.23. The van der Waals surface area contributed by atoms with Gasteiger partial charge in [0, 0.05) is 21.2 Å². The topological polar surface area (TPSA) is 84.8 Å². The number of carbonyl (C=O) groups is 1. The second-order valence-electron chi connectivity index (χ2n) is 6.55. The maximum atomic E-state index is 12.2. The molecule has 3 rings (SSSR count). The summed E-state index contributed by atoms with van der Waals surface area (Å²) in [5.74, 6) is 0.218. The van der Waals surface area contributed by atoms with Crippen LogP contribution in [-0.4, -0.2) is 32.4 Å². The maximum absolute atomic E-state index is 12.2. The van der Waals surface area contributed by atoms with Crippen LogP contribution in [0.1, 0.15) is 22.2 Å². The van der Waals surface area contributed by atoms with Gasteiger partial charge in [-0.2, -0.15) is 5.10 Å². The van der Waals surface area contributed by atoms with Crippen LogP contribution < -0.4 is 10.2 Å². The van der Waals surface area contributed by atoms with Gasteiger partial charge in [-0.3, -0.25) is 4.79 Å². The number of nitrogens with zero attached hydrogens (tertiary/aromatic N) is 1. The molecule has 0 atom stereocenters. The van der Waals surface area contributed by atoms with E-state index in [9.17, 15) is 13.2 Å². The zero-order chi connectivity index (χ0) is 22.3. The number of ether oxygens (including phenoxy) is 1. The Morgan fingerprint density at radius 2 is 1.77 bits per heavy atom. The first kappa shape index (κ1) is 23.0. The minimum Gasteiger partial charge on any atom is -0.484 e. The van der Waals surface area contributed by atoms with Crippen LogP contribution in [0.25, 0.3) is 0 Å². The summed E-state index contributed by atoms with van der Waals surface area (Å²) in [6.45, 7) is 1.43. The molecule has 1 heterocycles. The van der Waals surface area contributed by atoms with Crippen molar-refractivity contribution in [1.82, 2.24) is 5.43 Å². The number of para-hydroxylation sites is 1. The number of hydrogen-bond donors (Lipinski definition) is 1. The molecule has 0 saturated carbocycles. The summed E-state index contributed by atoms with van der Waals surface area (Å²) in [4.78, 5) is 13.7. The Morgan fingerprint density at radius 3 is 2.45 bits per heavy atom. The van der Waals surface area contributed by atoms with Crippen molar-refractivity contribution in [3.05, 3.63) is 87.1 Å². The van der Waals surface area contributed by atoms with Crippen molar-refractivity contribution in [2.75, 3.05) is 12.4 Å². The molecule has 0 saturated heterocycles. The lowest BCUT2D eigenvalue weighted by molar-refractivity contribution is -0.123. The molecule has 0 aliphatic heterocycles. The lowest BCUT2D eigenvalue weighted by Gasteiger charge is -2.08. The number of nitrogens with one attached hydrogen (secondary N) is 1. The number of thiophene rings is 1. The van der Waals surface area contributed by atoms with Gasteiger partial charge in [0.1, 0.15) is 11.5 Å². The van der Waals surface area contributed by atoms with Crippen LogP contribution in [0.3, 0.4) is 0 Å². The highest BCUT2D eigenvalue weighted by Gasteiger charge is 2.15. The van der Waals surface area contributed by atoms with E-state index in [4.69, 9.17) is 16.3 Å². The molecule has 3 aromatic rings. The molecular weight excluding hydrogens is 456 g/mol. The fourth-order valence-corrected chi connectivity index (χ4v) is 5.04. The van der Waals surface area contributed by atoms with Crippen molar-refractivity contribution >= 4 is 44.4 Å². The van der Waals surface area contributed by atoms with Gasteiger partial charge in [0.2, 0.25) is 0 Å². The van der Waals surface area contributed by atoms with Gasteiger partial charge in [-0.1, -0.05) is 48.9 Å². The molecule has 162 valence electrons. The minimum absolute atomic E-state index is 0.0284. The van der Waals surface area contributed by atoms with E-state index in [1.54, 1.807) is 55.5 Å². The molecule has 0 spiro atoms. The summed E-state index contributed by atoms with van der Waals surface area (Å²) in [6.07, 6.45) is 0. The lowest BCUT2D eigenvalue weighted by Crippen LogP contribution is -2.26. The molecule has 0 unspecified atom stereocenters. The summed E-state index contributed by atoms with van der Waals surface area (Å²) in [5, 5.41) is 4.86. The smallest absolute Gasteiger partial charge is 0.277 e.